The van der Waals surface area contributed by atoms with E-state index in [1.165, 1.54) is 41.3 Å². The molecular formula is C70H88N8O8. The fourth-order valence-corrected chi connectivity index (χ4v) is 15.3. The fraction of sp³-hybridized carbons (Fsp3) is 0.514. The normalized spacial score (nSPS) is 23.6. The zero-order chi connectivity index (χ0) is 59.8. The lowest BCUT2D eigenvalue weighted by atomic mass is 9.82. The van der Waals surface area contributed by atoms with E-state index in [0.717, 1.165) is 111 Å². The zero-order valence-electron chi connectivity index (χ0n) is 50.7. The number of nitrogens with zero attached hydrogens (tertiary/aromatic N) is 4. The SMILES string of the molecule is CC[C@@H](C)C(=O)N[C@H](C(=O)N1CC[C@H]2CC[C@H](c3c[nH]c4ccccc34)[C@H]21)C1CCCCC1.C[C@@H](C(=O)N[C@H](C(=O)N1CC[C@@H]2[C@H]1[C@@H](c1c[nH]c3ccccc13)CN2C(=O)OCc1ccccc1)C1CCCCC1)N(C)C(=O)OCc1ccccc1. The Morgan fingerprint density at radius 3 is 1.63 bits per heavy atom. The lowest BCUT2D eigenvalue weighted by Crippen LogP contribution is -2.58. The number of carbonyl (C=O) groups is 6. The predicted octanol–water partition coefficient (Wildman–Crippen LogP) is 12.0. The second kappa shape index (κ2) is 27.4. The topological polar surface area (TPSA) is 189 Å². The molecule has 456 valence electrons. The van der Waals surface area contributed by atoms with Crippen molar-refractivity contribution < 1.29 is 38.2 Å². The van der Waals surface area contributed by atoms with Crippen LogP contribution in [-0.4, -0.2) is 128 Å². The number of aromatic amines is 2. The van der Waals surface area contributed by atoms with Crippen LogP contribution < -0.4 is 10.6 Å². The standard InChI is InChI=1S/C42H49N5O6.C28H39N3O2/c1-28(45(2)41(50)52-26-29-14-6-3-7-15-29)39(48)44-37(31-18-10-5-11-19-31)40(49)46-23-22-36-38(46)34(33-24-43-35-21-13-12-20-32(33)35)25-47(36)42(51)53-27-30-16-8-4-9-17-30;1-3-18(2)27(32)30-25(19-9-5-4-6-10-19)28(33)31-16-15-20-13-14-22(26(20)31)23-17-29-24-12-8-7-11-21(23)24/h3-4,6-9,12-17,20-21,24,28,31,34,36-38,43H,5,10-11,18-19,22-23,25-27H2,1-2H3,(H,44,48);7-8,11-12,17-20,22,25-26,29H,3-6,9-10,13-16H2,1-2H3,(H,30,32)/t28-,34+,36+,37-,38+;18-,20-,22-,25+,26+/m01/s1. The van der Waals surface area contributed by atoms with Gasteiger partial charge in [-0.2, -0.15) is 0 Å². The van der Waals surface area contributed by atoms with Crippen LogP contribution in [0.15, 0.2) is 122 Å². The Hall–Kier alpha value is -7.62. The molecule has 3 saturated carbocycles. The fourth-order valence-electron chi connectivity index (χ4n) is 15.3. The number of H-pyrrole nitrogens is 2. The van der Waals surface area contributed by atoms with Gasteiger partial charge in [0.05, 0.1) is 12.1 Å². The van der Waals surface area contributed by atoms with Crippen molar-refractivity contribution in [2.24, 2.45) is 23.7 Å². The summed E-state index contributed by atoms with van der Waals surface area (Å²) in [6.07, 6.45) is 18.3. The minimum atomic E-state index is -0.871. The monoisotopic (exact) mass is 1170 g/mol. The molecule has 86 heavy (non-hydrogen) atoms. The van der Waals surface area contributed by atoms with Crippen LogP contribution in [0.1, 0.15) is 151 Å². The van der Waals surface area contributed by atoms with E-state index in [0.29, 0.717) is 31.3 Å². The third kappa shape index (κ3) is 12.9. The first-order valence-corrected chi connectivity index (χ1v) is 32.1. The summed E-state index contributed by atoms with van der Waals surface area (Å²) in [6.45, 7) is 7.60. The number of benzene rings is 4. The maximum atomic E-state index is 14.9. The highest BCUT2D eigenvalue weighted by atomic mass is 16.6. The second-order valence-corrected chi connectivity index (χ2v) is 25.4. The third-order valence-corrected chi connectivity index (χ3v) is 20.4. The molecule has 10 atom stereocenters. The van der Waals surface area contributed by atoms with Gasteiger partial charge in [0.1, 0.15) is 31.3 Å². The number of ether oxygens (including phenoxy) is 2. The molecule has 0 radical (unpaired) electrons. The lowest BCUT2D eigenvalue weighted by Gasteiger charge is -2.37. The van der Waals surface area contributed by atoms with E-state index in [1.54, 1.807) is 11.8 Å². The number of likely N-dealkylation sites (N-methyl/N-ethyl adjacent to an activating group) is 1. The van der Waals surface area contributed by atoms with E-state index in [1.807, 2.05) is 104 Å². The lowest BCUT2D eigenvalue weighted by molar-refractivity contribution is -0.140. The molecule has 4 N–H and O–H groups in total. The molecule has 5 heterocycles. The maximum Gasteiger partial charge on any atom is 0.410 e. The molecule has 6 fully saturated rings. The number of para-hydroxylation sites is 2. The van der Waals surface area contributed by atoms with E-state index in [2.05, 4.69) is 62.0 Å². The Morgan fingerprint density at radius 1 is 0.558 bits per heavy atom. The quantitative estimate of drug-likeness (QED) is 0.0736. The number of hydrogen-bond acceptors (Lipinski definition) is 8. The predicted molar refractivity (Wildman–Crippen MR) is 332 cm³/mol. The number of likely N-dealkylation sites (tertiary alicyclic amines) is 3. The molecule has 6 aromatic rings. The molecule has 0 spiro atoms. The number of amides is 6. The molecule has 4 aromatic carbocycles. The van der Waals surface area contributed by atoms with Crippen LogP contribution in [0.2, 0.25) is 0 Å². The van der Waals surface area contributed by atoms with Crippen LogP contribution >= 0.6 is 0 Å². The highest BCUT2D eigenvalue weighted by molar-refractivity contribution is 5.93. The Kier molecular flexibility index (Phi) is 19.1. The van der Waals surface area contributed by atoms with Gasteiger partial charge >= 0.3 is 12.2 Å². The number of nitrogens with one attached hydrogen (secondary N) is 4. The number of aromatic nitrogens is 2. The van der Waals surface area contributed by atoms with Gasteiger partial charge in [-0.15, -0.1) is 0 Å². The Labute approximate surface area is 506 Å². The molecule has 3 aliphatic heterocycles. The smallest absolute Gasteiger partial charge is 0.410 e. The number of carbonyl (C=O) groups excluding carboxylic acids is 6. The minimum Gasteiger partial charge on any atom is -0.445 e. The highest BCUT2D eigenvalue weighted by Gasteiger charge is 2.55. The third-order valence-electron chi connectivity index (χ3n) is 20.4. The summed E-state index contributed by atoms with van der Waals surface area (Å²) in [7, 11) is 1.54. The molecule has 0 unspecified atom stereocenters. The molecule has 0 bridgehead atoms. The van der Waals surface area contributed by atoms with Gasteiger partial charge < -0.3 is 44.8 Å². The van der Waals surface area contributed by atoms with Crippen molar-refractivity contribution in [2.75, 3.05) is 26.7 Å². The first-order valence-electron chi connectivity index (χ1n) is 32.1. The average molecular weight is 1170 g/mol. The molecule has 12 rings (SSSR count). The summed E-state index contributed by atoms with van der Waals surface area (Å²) in [5.74, 6) is 0.625. The summed E-state index contributed by atoms with van der Waals surface area (Å²) >= 11 is 0. The van der Waals surface area contributed by atoms with Crippen molar-refractivity contribution in [1.82, 2.24) is 40.2 Å². The molecule has 6 aliphatic rings. The largest absolute Gasteiger partial charge is 0.445 e. The summed E-state index contributed by atoms with van der Waals surface area (Å²) in [6, 6.07) is 33.3. The van der Waals surface area contributed by atoms with Gasteiger partial charge in [0.25, 0.3) is 0 Å². The van der Waals surface area contributed by atoms with Crippen molar-refractivity contribution in [1.29, 1.82) is 0 Å². The number of fused-ring (bicyclic) bond motifs is 4. The summed E-state index contributed by atoms with van der Waals surface area (Å²) < 4.78 is 11.3. The Balaban J connectivity index is 0.000000199. The van der Waals surface area contributed by atoms with E-state index >= 15 is 0 Å². The highest BCUT2D eigenvalue weighted by Crippen LogP contribution is 2.49. The van der Waals surface area contributed by atoms with Gasteiger partial charge in [-0.1, -0.05) is 149 Å². The van der Waals surface area contributed by atoms with E-state index in [9.17, 15) is 28.8 Å². The number of hydrogen-bond donors (Lipinski definition) is 4. The van der Waals surface area contributed by atoms with Crippen LogP contribution in [0, 0.1) is 23.7 Å². The molecule has 16 nitrogen and oxygen atoms in total. The van der Waals surface area contributed by atoms with Crippen molar-refractivity contribution in [2.45, 2.75) is 178 Å². The van der Waals surface area contributed by atoms with E-state index in [-0.39, 0.29) is 78.8 Å². The van der Waals surface area contributed by atoms with Crippen LogP contribution in [0.3, 0.4) is 0 Å². The Bertz CT molecular complexity index is 3300. The van der Waals surface area contributed by atoms with Crippen LogP contribution in [0.25, 0.3) is 21.8 Å². The molecule has 6 amide bonds. The number of rotatable bonds is 16. The van der Waals surface area contributed by atoms with E-state index < -0.39 is 30.2 Å². The van der Waals surface area contributed by atoms with Gasteiger partial charge in [-0.3, -0.25) is 24.1 Å². The van der Waals surface area contributed by atoms with Gasteiger partial charge in [-0.25, -0.2) is 9.59 Å². The van der Waals surface area contributed by atoms with Crippen molar-refractivity contribution >= 4 is 57.6 Å². The van der Waals surface area contributed by atoms with Gasteiger partial charge in [-0.05, 0) is 117 Å². The van der Waals surface area contributed by atoms with Gasteiger partial charge in [0.15, 0.2) is 0 Å². The maximum absolute atomic E-state index is 14.9. The molecular weight excluding hydrogens is 1080 g/mol. The first kappa shape index (κ1) is 60.1. The van der Waals surface area contributed by atoms with E-state index in [4.69, 9.17) is 9.47 Å². The van der Waals surface area contributed by atoms with Crippen molar-refractivity contribution in [3.8, 4) is 0 Å². The van der Waals surface area contributed by atoms with Gasteiger partial charge in [0.2, 0.25) is 23.6 Å². The van der Waals surface area contributed by atoms with Crippen LogP contribution in [0.4, 0.5) is 9.59 Å². The van der Waals surface area contributed by atoms with Crippen molar-refractivity contribution in [3.63, 3.8) is 0 Å². The Morgan fingerprint density at radius 2 is 1.06 bits per heavy atom. The molecule has 2 aromatic heterocycles. The molecule has 16 heteroatoms. The zero-order valence-corrected chi connectivity index (χ0v) is 50.7. The summed E-state index contributed by atoms with van der Waals surface area (Å²) in [5, 5.41) is 8.70. The second-order valence-electron chi connectivity index (χ2n) is 25.4. The summed E-state index contributed by atoms with van der Waals surface area (Å²) in [4.78, 5) is 96.6. The van der Waals surface area contributed by atoms with Crippen LogP contribution in [-0.2, 0) is 41.9 Å². The summed E-state index contributed by atoms with van der Waals surface area (Å²) in [5.41, 5.74) is 6.33. The minimum absolute atomic E-state index is 0.0387. The molecule has 3 aliphatic carbocycles. The van der Waals surface area contributed by atoms with Crippen molar-refractivity contribution in [3.05, 3.63) is 144 Å². The van der Waals surface area contributed by atoms with Crippen LogP contribution in [0.5, 0.6) is 0 Å². The average Bonchev–Trinajstić information content (AvgIpc) is 1.69. The van der Waals surface area contributed by atoms with Gasteiger partial charge in [0, 0.05) is 84.7 Å². The molecule has 3 saturated heterocycles. The first-order chi connectivity index (χ1) is 41.9.